The fourth-order valence-corrected chi connectivity index (χ4v) is 3.52. The van der Waals surface area contributed by atoms with Crippen molar-refractivity contribution >= 4 is 28.0 Å². The SMILES string of the molecule is CC(C)(C)OC(=O)Nc1cnc(C2=CCC3(CC2)OCCO3)s1. The second-order valence-corrected chi connectivity index (χ2v) is 7.73. The molecule has 2 heterocycles. The third kappa shape index (κ3) is 4.10. The lowest BCUT2D eigenvalue weighted by Crippen LogP contribution is -2.31. The van der Waals surface area contributed by atoms with Gasteiger partial charge in [0.2, 0.25) is 0 Å². The summed E-state index contributed by atoms with van der Waals surface area (Å²) in [4.78, 5) is 16.2. The van der Waals surface area contributed by atoms with Crippen LogP contribution in [0.15, 0.2) is 12.3 Å². The molecule has 3 rings (SSSR count). The minimum absolute atomic E-state index is 0.418. The van der Waals surface area contributed by atoms with Crippen LogP contribution in [0.3, 0.4) is 0 Å². The number of rotatable bonds is 2. The average Bonchev–Trinajstić information content (AvgIpc) is 3.08. The average molecular weight is 338 g/mol. The molecule has 1 aromatic rings. The molecule has 6 nitrogen and oxygen atoms in total. The van der Waals surface area contributed by atoms with Crippen molar-refractivity contribution in [1.29, 1.82) is 0 Å². The molecule has 0 atom stereocenters. The molecule has 23 heavy (non-hydrogen) atoms. The zero-order chi connectivity index (χ0) is 16.5. The normalized spacial score (nSPS) is 20.4. The molecule has 1 fully saturated rings. The van der Waals surface area contributed by atoms with Crippen molar-refractivity contribution in [3.63, 3.8) is 0 Å². The molecule has 1 amide bonds. The number of hydrogen-bond acceptors (Lipinski definition) is 6. The number of carbonyl (C=O) groups excluding carboxylic acids is 1. The van der Waals surface area contributed by atoms with E-state index in [0.717, 1.165) is 24.3 Å². The quantitative estimate of drug-likeness (QED) is 0.888. The third-order valence-electron chi connectivity index (χ3n) is 3.65. The predicted molar refractivity (Wildman–Crippen MR) is 88.4 cm³/mol. The summed E-state index contributed by atoms with van der Waals surface area (Å²) in [5.41, 5.74) is 0.663. The van der Waals surface area contributed by atoms with Gasteiger partial charge in [-0.2, -0.15) is 0 Å². The molecule has 1 N–H and O–H groups in total. The number of ether oxygens (including phenoxy) is 3. The number of aromatic nitrogens is 1. The van der Waals surface area contributed by atoms with Crippen LogP contribution in [0.5, 0.6) is 0 Å². The zero-order valence-electron chi connectivity index (χ0n) is 13.7. The van der Waals surface area contributed by atoms with Gasteiger partial charge in [0, 0.05) is 12.8 Å². The largest absolute Gasteiger partial charge is 0.444 e. The van der Waals surface area contributed by atoms with Gasteiger partial charge in [-0.1, -0.05) is 17.4 Å². The Morgan fingerprint density at radius 3 is 2.74 bits per heavy atom. The van der Waals surface area contributed by atoms with E-state index in [1.807, 2.05) is 20.8 Å². The summed E-state index contributed by atoms with van der Waals surface area (Å²) >= 11 is 1.45. The molecule has 1 aliphatic heterocycles. The molecule has 2 aliphatic rings. The molecule has 1 aromatic heterocycles. The number of nitrogens with one attached hydrogen (secondary N) is 1. The summed E-state index contributed by atoms with van der Waals surface area (Å²) in [6, 6.07) is 0. The van der Waals surface area contributed by atoms with E-state index in [-0.39, 0.29) is 0 Å². The van der Waals surface area contributed by atoms with Gasteiger partial charge in [0.05, 0.1) is 19.4 Å². The van der Waals surface area contributed by atoms with Gasteiger partial charge in [-0.3, -0.25) is 5.32 Å². The van der Waals surface area contributed by atoms with Crippen molar-refractivity contribution in [1.82, 2.24) is 4.98 Å². The van der Waals surface area contributed by atoms with E-state index in [9.17, 15) is 4.79 Å². The topological polar surface area (TPSA) is 69.7 Å². The Balaban J connectivity index is 1.61. The lowest BCUT2D eigenvalue weighted by molar-refractivity contribution is -0.159. The molecule has 0 saturated carbocycles. The summed E-state index contributed by atoms with van der Waals surface area (Å²) in [5, 5.41) is 4.33. The van der Waals surface area contributed by atoms with E-state index in [0.29, 0.717) is 18.2 Å². The van der Waals surface area contributed by atoms with Gasteiger partial charge < -0.3 is 14.2 Å². The van der Waals surface area contributed by atoms with Gasteiger partial charge in [-0.05, 0) is 32.8 Å². The Morgan fingerprint density at radius 1 is 1.39 bits per heavy atom. The van der Waals surface area contributed by atoms with Crippen molar-refractivity contribution in [2.24, 2.45) is 0 Å². The van der Waals surface area contributed by atoms with Gasteiger partial charge in [0.15, 0.2) is 5.79 Å². The first-order chi connectivity index (χ1) is 10.9. The third-order valence-corrected chi connectivity index (χ3v) is 4.64. The van der Waals surface area contributed by atoms with Crippen molar-refractivity contribution in [3.8, 4) is 0 Å². The monoisotopic (exact) mass is 338 g/mol. The summed E-state index contributed by atoms with van der Waals surface area (Å²) in [7, 11) is 0. The first-order valence-electron chi connectivity index (χ1n) is 7.78. The Morgan fingerprint density at radius 2 is 2.13 bits per heavy atom. The van der Waals surface area contributed by atoms with E-state index in [1.165, 1.54) is 16.9 Å². The summed E-state index contributed by atoms with van der Waals surface area (Å²) in [6.45, 7) is 6.84. The van der Waals surface area contributed by atoms with Crippen molar-refractivity contribution in [3.05, 3.63) is 17.3 Å². The van der Waals surface area contributed by atoms with Crippen LogP contribution < -0.4 is 5.32 Å². The highest BCUT2D eigenvalue weighted by atomic mass is 32.1. The molecule has 0 radical (unpaired) electrons. The minimum Gasteiger partial charge on any atom is -0.444 e. The molecule has 0 aromatic carbocycles. The van der Waals surface area contributed by atoms with Crippen molar-refractivity contribution < 1.29 is 19.0 Å². The summed E-state index contributed by atoms with van der Waals surface area (Å²) in [5.74, 6) is -0.418. The number of hydrogen-bond donors (Lipinski definition) is 1. The maximum absolute atomic E-state index is 11.8. The molecule has 0 unspecified atom stereocenters. The molecular formula is C16H22N2O4S. The Kier molecular flexibility index (Phi) is 4.44. The Labute approximate surface area is 139 Å². The van der Waals surface area contributed by atoms with Crippen LogP contribution in [0.1, 0.15) is 45.0 Å². The molecular weight excluding hydrogens is 316 g/mol. The predicted octanol–water partition coefficient (Wildman–Crippen LogP) is 3.80. The molecule has 0 bridgehead atoms. The van der Waals surface area contributed by atoms with Gasteiger partial charge in [-0.25, -0.2) is 9.78 Å². The smallest absolute Gasteiger partial charge is 0.412 e. The molecule has 126 valence electrons. The Bertz CT molecular complexity index is 612. The van der Waals surface area contributed by atoms with E-state index in [1.54, 1.807) is 6.20 Å². The number of nitrogens with zero attached hydrogens (tertiary/aromatic N) is 1. The summed E-state index contributed by atoms with van der Waals surface area (Å²) in [6.07, 6.45) is 5.78. The second kappa shape index (κ2) is 6.22. The lowest BCUT2D eigenvalue weighted by Gasteiger charge is -2.30. The highest BCUT2D eigenvalue weighted by molar-refractivity contribution is 7.16. The fourth-order valence-electron chi connectivity index (χ4n) is 2.65. The van der Waals surface area contributed by atoms with Crippen LogP contribution in [0, 0.1) is 0 Å². The number of carbonyl (C=O) groups is 1. The van der Waals surface area contributed by atoms with Crippen LogP contribution in [0.25, 0.3) is 5.57 Å². The van der Waals surface area contributed by atoms with Crippen molar-refractivity contribution in [2.75, 3.05) is 18.5 Å². The van der Waals surface area contributed by atoms with E-state index in [2.05, 4.69) is 16.4 Å². The number of allylic oxidation sites excluding steroid dienone is 1. The van der Waals surface area contributed by atoms with Crippen LogP contribution in [-0.2, 0) is 14.2 Å². The maximum Gasteiger partial charge on any atom is 0.412 e. The lowest BCUT2D eigenvalue weighted by atomic mass is 9.94. The fraction of sp³-hybridized carbons (Fsp3) is 0.625. The van der Waals surface area contributed by atoms with E-state index < -0.39 is 17.5 Å². The van der Waals surface area contributed by atoms with Crippen LogP contribution in [0.4, 0.5) is 9.80 Å². The highest BCUT2D eigenvalue weighted by Gasteiger charge is 2.38. The van der Waals surface area contributed by atoms with Crippen molar-refractivity contribution in [2.45, 2.75) is 51.4 Å². The first kappa shape index (κ1) is 16.4. The minimum atomic E-state index is -0.515. The maximum atomic E-state index is 11.8. The van der Waals surface area contributed by atoms with Crippen LogP contribution in [-0.4, -0.2) is 35.7 Å². The molecule has 1 saturated heterocycles. The Hall–Kier alpha value is -1.44. The standard InChI is InChI=1S/C16H22N2O4S/c1-15(2,3)22-14(19)18-12-10-17-13(23-12)11-4-6-16(7-5-11)20-8-9-21-16/h4,10H,5-9H2,1-3H3,(H,18,19). The summed E-state index contributed by atoms with van der Waals surface area (Å²) < 4.78 is 16.7. The first-order valence-corrected chi connectivity index (χ1v) is 8.60. The van der Waals surface area contributed by atoms with E-state index in [4.69, 9.17) is 14.2 Å². The van der Waals surface area contributed by atoms with Crippen LogP contribution >= 0.6 is 11.3 Å². The van der Waals surface area contributed by atoms with Gasteiger partial charge in [-0.15, -0.1) is 0 Å². The van der Waals surface area contributed by atoms with E-state index >= 15 is 0 Å². The van der Waals surface area contributed by atoms with Crippen LogP contribution in [0.2, 0.25) is 0 Å². The van der Waals surface area contributed by atoms with Gasteiger partial charge in [0.1, 0.15) is 15.6 Å². The number of amides is 1. The number of anilines is 1. The second-order valence-electron chi connectivity index (χ2n) is 6.70. The van der Waals surface area contributed by atoms with Gasteiger partial charge >= 0.3 is 6.09 Å². The number of thiazole rings is 1. The molecule has 7 heteroatoms. The zero-order valence-corrected chi connectivity index (χ0v) is 14.5. The van der Waals surface area contributed by atoms with Gasteiger partial charge in [0.25, 0.3) is 0 Å². The molecule has 1 aliphatic carbocycles. The molecule has 1 spiro atoms. The highest BCUT2D eigenvalue weighted by Crippen LogP contribution is 2.39.